The molecule has 0 aliphatic heterocycles. The van der Waals surface area contributed by atoms with Crippen LogP contribution < -0.4 is 15.8 Å². The number of nitrogens with zero attached hydrogens (tertiary/aromatic N) is 1. The van der Waals surface area contributed by atoms with Gasteiger partial charge in [-0.1, -0.05) is 29.8 Å². The molecular weight excluding hydrogens is 460 g/mol. The molecule has 4 rings (SSSR count). The van der Waals surface area contributed by atoms with E-state index in [1.165, 1.54) is 23.5 Å². The molecule has 0 saturated heterocycles. The predicted molar refractivity (Wildman–Crippen MR) is 127 cm³/mol. The first-order chi connectivity index (χ1) is 15.7. The summed E-state index contributed by atoms with van der Waals surface area (Å²) in [6.07, 6.45) is 2.00. The smallest absolute Gasteiger partial charge is 0.257 e. The molecule has 2 amide bonds. The topological polar surface area (TPSA) is 131 Å². The van der Waals surface area contributed by atoms with Gasteiger partial charge < -0.3 is 5.32 Å². The Balaban J connectivity index is 1.33. The highest BCUT2D eigenvalue weighted by atomic mass is 32.2. The van der Waals surface area contributed by atoms with Crippen LogP contribution in [-0.4, -0.2) is 31.8 Å². The van der Waals surface area contributed by atoms with E-state index in [1.807, 2.05) is 19.1 Å². The third kappa shape index (κ3) is 5.47. The van der Waals surface area contributed by atoms with Crippen LogP contribution in [0.15, 0.2) is 53.4 Å². The Morgan fingerprint density at radius 1 is 1.12 bits per heavy atom. The van der Waals surface area contributed by atoms with Crippen LogP contribution in [0.1, 0.15) is 44.4 Å². The van der Waals surface area contributed by atoms with E-state index in [4.69, 9.17) is 5.14 Å². The molecule has 172 valence electrons. The van der Waals surface area contributed by atoms with Crippen molar-refractivity contribution in [2.75, 3.05) is 11.9 Å². The van der Waals surface area contributed by atoms with Crippen molar-refractivity contribution in [3.63, 3.8) is 0 Å². The minimum absolute atomic E-state index is 0.0579. The van der Waals surface area contributed by atoms with Crippen molar-refractivity contribution in [1.29, 1.82) is 0 Å². The fraction of sp³-hybridized carbons (Fsp3) is 0.261. The number of fused-ring (bicyclic) bond motifs is 1. The molecule has 8 nitrogen and oxygen atoms in total. The Morgan fingerprint density at radius 3 is 2.48 bits per heavy atom. The molecule has 2 aromatic carbocycles. The number of aromatic nitrogens is 1. The second-order valence-electron chi connectivity index (χ2n) is 7.97. The first-order valence-electron chi connectivity index (χ1n) is 10.5. The van der Waals surface area contributed by atoms with E-state index in [9.17, 15) is 18.0 Å². The van der Waals surface area contributed by atoms with Gasteiger partial charge in [0.25, 0.3) is 5.91 Å². The molecular formula is C23H24N4O4S2. The van der Waals surface area contributed by atoms with Gasteiger partial charge in [-0.15, -0.1) is 11.3 Å². The van der Waals surface area contributed by atoms with Gasteiger partial charge in [0.2, 0.25) is 15.9 Å². The van der Waals surface area contributed by atoms with E-state index in [2.05, 4.69) is 15.6 Å². The average Bonchev–Trinajstić information content (AvgIpc) is 3.34. The summed E-state index contributed by atoms with van der Waals surface area (Å²) < 4.78 is 22.7. The van der Waals surface area contributed by atoms with Crippen molar-refractivity contribution in [3.8, 4) is 0 Å². The summed E-state index contributed by atoms with van der Waals surface area (Å²) in [7, 11) is -3.72. The van der Waals surface area contributed by atoms with Gasteiger partial charge in [-0.3, -0.25) is 14.9 Å². The SMILES string of the molecule is Cc1ccc(C(=O)Nc2nc3c(s2)CCC3C(=O)NCCc2ccc(S(N)(=O)=O)cc2)cc1. The van der Waals surface area contributed by atoms with E-state index in [1.54, 1.807) is 24.3 Å². The number of aryl methyl sites for hydroxylation is 2. The van der Waals surface area contributed by atoms with Gasteiger partial charge in [0.05, 0.1) is 16.5 Å². The number of benzene rings is 2. The molecule has 0 fully saturated rings. The lowest BCUT2D eigenvalue weighted by molar-refractivity contribution is -0.122. The number of hydrogen-bond donors (Lipinski definition) is 3. The molecule has 1 heterocycles. The van der Waals surface area contributed by atoms with Crippen molar-refractivity contribution in [2.24, 2.45) is 5.14 Å². The number of sulfonamides is 1. The summed E-state index contributed by atoms with van der Waals surface area (Å²) >= 11 is 1.41. The maximum absolute atomic E-state index is 12.7. The number of carbonyl (C=O) groups excluding carboxylic acids is 2. The monoisotopic (exact) mass is 484 g/mol. The van der Waals surface area contributed by atoms with Crippen molar-refractivity contribution >= 4 is 38.3 Å². The lowest BCUT2D eigenvalue weighted by Gasteiger charge is -2.11. The van der Waals surface area contributed by atoms with E-state index < -0.39 is 10.0 Å². The maximum Gasteiger partial charge on any atom is 0.257 e. The summed E-state index contributed by atoms with van der Waals surface area (Å²) in [6.45, 7) is 2.38. The molecule has 0 bridgehead atoms. The number of nitrogens with one attached hydrogen (secondary N) is 2. The molecule has 0 spiro atoms. The molecule has 33 heavy (non-hydrogen) atoms. The summed E-state index contributed by atoms with van der Waals surface area (Å²) in [5, 5.41) is 11.4. The normalized spacial score (nSPS) is 15.2. The van der Waals surface area contributed by atoms with Crippen LogP contribution in [0.25, 0.3) is 0 Å². The first-order valence-corrected chi connectivity index (χ1v) is 12.8. The number of amides is 2. The van der Waals surface area contributed by atoms with Crippen LogP contribution >= 0.6 is 11.3 Å². The minimum atomic E-state index is -3.72. The molecule has 1 aromatic heterocycles. The summed E-state index contributed by atoms with van der Waals surface area (Å²) in [5.74, 6) is -0.667. The molecule has 10 heteroatoms. The number of thiazole rings is 1. The van der Waals surface area contributed by atoms with Gasteiger partial charge in [0.15, 0.2) is 5.13 Å². The van der Waals surface area contributed by atoms with Crippen LogP contribution in [0.4, 0.5) is 5.13 Å². The van der Waals surface area contributed by atoms with Gasteiger partial charge in [0.1, 0.15) is 0 Å². The molecule has 4 N–H and O–H groups in total. The van der Waals surface area contributed by atoms with Crippen molar-refractivity contribution in [1.82, 2.24) is 10.3 Å². The zero-order chi connectivity index (χ0) is 23.6. The van der Waals surface area contributed by atoms with Gasteiger partial charge in [0, 0.05) is 17.0 Å². The van der Waals surface area contributed by atoms with Crippen LogP contribution in [0, 0.1) is 6.92 Å². The van der Waals surface area contributed by atoms with Crippen LogP contribution in [0.2, 0.25) is 0 Å². The van der Waals surface area contributed by atoms with E-state index >= 15 is 0 Å². The summed E-state index contributed by atoms with van der Waals surface area (Å²) in [6, 6.07) is 13.6. The van der Waals surface area contributed by atoms with E-state index in [0.717, 1.165) is 28.1 Å². The van der Waals surface area contributed by atoms with Crippen LogP contribution in [0.3, 0.4) is 0 Å². The lowest BCUT2D eigenvalue weighted by atomic mass is 10.1. The van der Waals surface area contributed by atoms with Gasteiger partial charge >= 0.3 is 0 Å². The number of primary sulfonamides is 1. The number of nitrogens with two attached hydrogens (primary N) is 1. The van der Waals surface area contributed by atoms with Gasteiger partial charge in [-0.2, -0.15) is 0 Å². The Bertz CT molecular complexity index is 1280. The Labute approximate surface area is 196 Å². The maximum atomic E-state index is 12.7. The van der Waals surface area contributed by atoms with Crippen molar-refractivity contribution < 1.29 is 18.0 Å². The zero-order valence-corrected chi connectivity index (χ0v) is 19.6. The number of carbonyl (C=O) groups is 2. The first kappa shape index (κ1) is 23.1. The molecule has 1 unspecified atom stereocenters. The van der Waals surface area contributed by atoms with Crippen molar-refractivity contribution in [3.05, 3.63) is 75.8 Å². The third-order valence-corrected chi connectivity index (χ3v) is 7.51. The molecule has 0 saturated carbocycles. The molecule has 0 radical (unpaired) electrons. The van der Waals surface area contributed by atoms with Crippen LogP contribution in [-0.2, 0) is 27.7 Å². The molecule has 1 aliphatic carbocycles. The van der Waals surface area contributed by atoms with E-state index in [0.29, 0.717) is 30.1 Å². The number of rotatable bonds is 7. The number of anilines is 1. The Morgan fingerprint density at radius 2 is 1.82 bits per heavy atom. The van der Waals surface area contributed by atoms with Crippen molar-refractivity contribution in [2.45, 2.75) is 37.0 Å². The fourth-order valence-electron chi connectivity index (χ4n) is 3.71. The van der Waals surface area contributed by atoms with Crippen LogP contribution in [0.5, 0.6) is 0 Å². The van der Waals surface area contributed by atoms with Gasteiger partial charge in [-0.25, -0.2) is 18.5 Å². The zero-order valence-electron chi connectivity index (χ0n) is 18.0. The number of hydrogen-bond acceptors (Lipinski definition) is 6. The van der Waals surface area contributed by atoms with Gasteiger partial charge in [-0.05, 0) is 56.0 Å². The van der Waals surface area contributed by atoms with E-state index in [-0.39, 0.29) is 22.6 Å². The Hall–Kier alpha value is -3.08. The average molecular weight is 485 g/mol. The second kappa shape index (κ2) is 9.42. The summed E-state index contributed by atoms with van der Waals surface area (Å²) in [4.78, 5) is 30.8. The quantitative estimate of drug-likeness (QED) is 0.475. The highest BCUT2D eigenvalue weighted by Gasteiger charge is 2.32. The largest absolute Gasteiger partial charge is 0.355 e. The highest BCUT2D eigenvalue weighted by molar-refractivity contribution is 7.89. The predicted octanol–water partition coefficient (Wildman–Crippen LogP) is 2.74. The Kier molecular flexibility index (Phi) is 6.59. The molecule has 3 aromatic rings. The second-order valence-corrected chi connectivity index (χ2v) is 10.6. The molecule has 1 atom stereocenters. The lowest BCUT2D eigenvalue weighted by Crippen LogP contribution is -2.30. The third-order valence-electron chi connectivity index (χ3n) is 5.53. The fourth-order valence-corrected chi connectivity index (χ4v) is 5.26. The minimum Gasteiger partial charge on any atom is -0.355 e. The standard InChI is InChI=1S/C23H24N4O4S2/c1-14-2-6-16(7-3-14)21(28)27-23-26-20-18(10-11-19(20)32-23)22(29)25-13-12-15-4-8-17(9-5-15)33(24,30)31/h2-9,18H,10-13H2,1H3,(H,25,29)(H2,24,30,31)(H,26,27,28). The highest BCUT2D eigenvalue weighted by Crippen LogP contribution is 2.38. The molecule has 1 aliphatic rings. The summed E-state index contributed by atoms with van der Waals surface area (Å²) in [5.41, 5.74) is 3.26.